The molecule has 0 radical (unpaired) electrons. The van der Waals surface area contributed by atoms with Crippen molar-refractivity contribution in [3.05, 3.63) is 10.1 Å². The van der Waals surface area contributed by atoms with Gasteiger partial charge in [-0.15, -0.1) is 0 Å². The van der Waals surface area contributed by atoms with Gasteiger partial charge in [-0.05, 0) is 0 Å². The van der Waals surface area contributed by atoms with E-state index in [-0.39, 0.29) is 0 Å². The Labute approximate surface area is 60.9 Å². The second kappa shape index (κ2) is 3.25. The summed E-state index contributed by atoms with van der Waals surface area (Å²) in [6.45, 7) is -1.31. The Balaban J connectivity index is 4.01. The number of hydrogen-bond acceptors (Lipinski definition) is 6. The molecule has 0 aromatic carbocycles. The van der Waals surface area contributed by atoms with Crippen LogP contribution in [0.1, 0.15) is 0 Å². The third-order valence-corrected chi connectivity index (χ3v) is 0.853. The first kappa shape index (κ1) is 9.78. The minimum Gasteiger partial charge on any atom is -0.318 e. The van der Waals surface area contributed by atoms with Crippen LogP contribution in [0, 0.1) is 10.1 Å². The zero-order valence-electron chi connectivity index (χ0n) is 4.96. The normalized spacial score (nSPS) is 10.6. The highest BCUT2D eigenvalue weighted by molar-refractivity contribution is 7.81. The Morgan fingerprint density at radius 3 is 2.36 bits per heavy atom. The fraction of sp³-hybridized carbons (Fsp3) is 0.500. The number of hydrogen-bond donors (Lipinski definition) is 1. The maximum Gasteiger partial charge on any atom is 0.449 e. The maximum absolute atomic E-state index is 10.1. The van der Waals surface area contributed by atoms with Crippen LogP contribution in [0.4, 0.5) is 0 Å². The fourth-order valence-corrected chi connectivity index (χ4v) is 0.537. The summed E-state index contributed by atoms with van der Waals surface area (Å²) >= 11 is 0. The minimum absolute atomic E-state index is 1.09. The predicted molar refractivity (Wildman–Crippen MR) is 29.5 cm³/mol. The van der Waals surface area contributed by atoms with E-state index in [1.165, 1.54) is 0 Å². The van der Waals surface area contributed by atoms with Crippen molar-refractivity contribution in [2.24, 2.45) is 0 Å². The van der Waals surface area contributed by atoms with Gasteiger partial charge in [-0.3, -0.25) is 14.7 Å². The molecule has 0 fully saturated rings. The topological polar surface area (TPSA) is 124 Å². The Morgan fingerprint density at radius 1 is 1.64 bits per heavy atom. The van der Waals surface area contributed by atoms with E-state index in [1.807, 2.05) is 0 Å². The van der Waals surface area contributed by atoms with Crippen molar-refractivity contribution in [3.8, 4) is 0 Å². The second-order valence-corrected chi connectivity index (χ2v) is 2.40. The van der Waals surface area contributed by atoms with Gasteiger partial charge in [0.2, 0.25) is 0 Å². The Hall–Kier alpha value is -1.22. The molecule has 0 amide bonds. The van der Waals surface area contributed by atoms with Gasteiger partial charge in [0.25, 0.3) is 0 Å². The third-order valence-electron chi connectivity index (χ3n) is 0.456. The van der Waals surface area contributed by atoms with Gasteiger partial charge in [-0.25, -0.2) is 4.79 Å². The molecule has 0 unspecified atom stereocenters. The summed E-state index contributed by atoms with van der Waals surface area (Å²) in [5, 5.41) is 9.52. The molecule has 0 rings (SSSR count). The molecule has 0 bridgehead atoms. The summed E-state index contributed by atoms with van der Waals surface area (Å²) in [5.74, 6) is -1.64. The third kappa shape index (κ3) is 6.67. The zero-order valence-corrected chi connectivity index (χ0v) is 5.78. The van der Waals surface area contributed by atoms with Crippen molar-refractivity contribution < 1.29 is 26.9 Å². The van der Waals surface area contributed by atoms with Crippen molar-refractivity contribution in [1.82, 2.24) is 0 Å². The van der Waals surface area contributed by atoms with Crippen LogP contribution in [0.3, 0.4) is 0 Å². The SMILES string of the molecule is O=C(C[N+](=O)[O-])OS(=O)(=O)O. The van der Waals surface area contributed by atoms with Crippen LogP contribution in [0.2, 0.25) is 0 Å². The van der Waals surface area contributed by atoms with E-state index in [4.69, 9.17) is 4.55 Å². The Kier molecular flexibility index (Phi) is 2.89. The molecular formula is C2H3NO7S. The second-order valence-electron chi connectivity index (χ2n) is 1.37. The standard InChI is InChI=1S/C2H3NO7S/c4-2(1-3(5)6)10-11(7,8)9/h1H2,(H,7,8,9). The van der Waals surface area contributed by atoms with Gasteiger partial charge in [0.1, 0.15) is 0 Å². The summed E-state index contributed by atoms with van der Waals surface area (Å²) in [6, 6.07) is 0. The van der Waals surface area contributed by atoms with Gasteiger partial charge in [0, 0.05) is 4.92 Å². The quantitative estimate of drug-likeness (QED) is 0.326. The molecule has 64 valence electrons. The maximum atomic E-state index is 10.1. The molecule has 0 saturated heterocycles. The van der Waals surface area contributed by atoms with Gasteiger partial charge >= 0.3 is 22.9 Å². The molecule has 0 aliphatic carbocycles. The van der Waals surface area contributed by atoms with E-state index in [1.54, 1.807) is 0 Å². The number of nitro groups is 1. The van der Waals surface area contributed by atoms with E-state index in [9.17, 15) is 23.3 Å². The molecule has 1 N–H and O–H groups in total. The smallest absolute Gasteiger partial charge is 0.318 e. The summed E-state index contributed by atoms with van der Waals surface area (Å²) in [7, 11) is -4.92. The first-order valence-corrected chi connectivity index (χ1v) is 3.49. The van der Waals surface area contributed by atoms with Crippen LogP contribution in [-0.2, 0) is 19.4 Å². The molecule has 0 aliphatic heterocycles. The molecule has 11 heavy (non-hydrogen) atoms. The zero-order chi connectivity index (χ0) is 9.07. The van der Waals surface area contributed by atoms with Crippen LogP contribution in [0.25, 0.3) is 0 Å². The number of rotatable bonds is 3. The van der Waals surface area contributed by atoms with Gasteiger partial charge in [0.15, 0.2) is 0 Å². The predicted octanol–water partition coefficient (Wildman–Crippen LogP) is -1.39. The van der Waals surface area contributed by atoms with E-state index >= 15 is 0 Å². The van der Waals surface area contributed by atoms with Gasteiger partial charge in [-0.2, -0.15) is 8.42 Å². The molecule has 0 saturated carbocycles. The monoisotopic (exact) mass is 185 g/mol. The highest BCUT2D eigenvalue weighted by Crippen LogP contribution is 1.87. The van der Waals surface area contributed by atoms with Gasteiger partial charge in [-0.1, -0.05) is 0 Å². The molecule has 0 atom stereocenters. The summed E-state index contributed by atoms with van der Waals surface area (Å²) in [5.41, 5.74) is 0. The highest BCUT2D eigenvalue weighted by atomic mass is 32.3. The molecule has 0 spiro atoms. The molecule has 0 aromatic rings. The summed E-state index contributed by atoms with van der Waals surface area (Å²) in [6.07, 6.45) is 0. The average molecular weight is 185 g/mol. The lowest BCUT2D eigenvalue weighted by Crippen LogP contribution is -2.20. The summed E-state index contributed by atoms with van der Waals surface area (Å²) in [4.78, 5) is 18.5. The minimum atomic E-state index is -4.92. The Bertz CT molecular complexity index is 264. The molecule has 0 heterocycles. The fourth-order valence-electron chi connectivity index (χ4n) is 0.249. The van der Waals surface area contributed by atoms with Crippen LogP contribution in [0.5, 0.6) is 0 Å². The van der Waals surface area contributed by atoms with E-state index < -0.39 is 27.8 Å². The lowest BCUT2D eigenvalue weighted by molar-refractivity contribution is -0.469. The van der Waals surface area contributed by atoms with Crippen molar-refractivity contribution in [2.75, 3.05) is 6.54 Å². The van der Waals surface area contributed by atoms with Crippen molar-refractivity contribution >= 4 is 16.4 Å². The highest BCUT2D eigenvalue weighted by Gasteiger charge is 2.17. The van der Waals surface area contributed by atoms with E-state index in [2.05, 4.69) is 4.18 Å². The van der Waals surface area contributed by atoms with E-state index in [0.29, 0.717) is 0 Å². The number of nitrogens with zero attached hydrogens (tertiary/aromatic N) is 1. The van der Waals surface area contributed by atoms with E-state index in [0.717, 1.165) is 0 Å². The molecule has 8 nitrogen and oxygen atoms in total. The first-order valence-electron chi connectivity index (χ1n) is 2.13. The largest absolute Gasteiger partial charge is 0.449 e. The van der Waals surface area contributed by atoms with Crippen LogP contribution < -0.4 is 0 Å². The van der Waals surface area contributed by atoms with Crippen LogP contribution in [-0.4, -0.2) is 30.4 Å². The number of carbonyl (C=O) groups is 1. The lowest BCUT2D eigenvalue weighted by atomic mass is 10.7. The van der Waals surface area contributed by atoms with Crippen molar-refractivity contribution in [3.63, 3.8) is 0 Å². The van der Waals surface area contributed by atoms with Crippen LogP contribution >= 0.6 is 0 Å². The summed E-state index contributed by atoms with van der Waals surface area (Å²) < 4.78 is 30.4. The van der Waals surface area contributed by atoms with Crippen molar-refractivity contribution in [2.45, 2.75) is 0 Å². The Morgan fingerprint density at radius 2 is 2.09 bits per heavy atom. The lowest BCUT2D eigenvalue weighted by Gasteiger charge is -1.93. The number of carbonyl (C=O) groups excluding carboxylic acids is 1. The van der Waals surface area contributed by atoms with Crippen molar-refractivity contribution in [1.29, 1.82) is 0 Å². The molecular weight excluding hydrogens is 182 g/mol. The average Bonchev–Trinajstić information content (AvgIpc) is 1.53. The van der Waals surface area contributed by atoms with Gasteiger partial charge < -0.3 is 4.18 Å². The first-order chi connectivity index (χ1) is 4.81. The molecule has 0 aromatic heterocycles. The molecule has 9 heteroatoms. The molecule has 0 aliphatic rings. The van der Waals surface area contributed by atoms with Crippen LogP contribution in [0.15, 0.2) is 0 Å². The van der Waals surface area contributed by atoms with Gasteiger partial charge in [0.05, 0.1) is 0 Å².